The van der Waals surface area contributed by atoms with Gasteiger partial charge in [0.05, 0.1) is 10.6 Å². The molecule has 0 radical (unpaired) electrons. The molecule has 0 unspecified atom stereocenters. The zero-order chi connectivity index (χ0) is 17.1. The lowest BCUT2D eigenvalue weighted by Crippen LogP contribution is -2.23. The van der Waals surface area contributed by atoms with E-state index in [9.17, 15) is 4.79 Å². The molecule has 1 heterocycles. The van der Waals surface area contributed by atoms with E-state index in [2.05, 4.69) is 5.32 Å². The molecule has 0 aliphatic heterocycles. The van der Waals surface area contributed by atoms with Gasteiger partial charge in [0, 0.05) is 17.0 Å². The van der Waals surface area contributed by atoms with Crippen molar-refractivity contribution in [3.8, 4) is 11.1 Å². The van der Waals surface area contributed by atoms with Gasteiger partial charge in [0.15, 0.2) is 0 Å². The number of nitrogen functional groups attached to an aromatic ring is 1. The summed E-state index contributed by atoms with van der Waals surface area (Å²) in [6.07, 6.45) is 0. The monoisotopic (exact) mass is 336 g/mol. The van der Waals surface area contributed by atoms with Gasteiger partial charge < -0.3 is 11.1 Å². The number of hydrogen-bond acceptors (Lipinski definition) is 3. The molecule has 0 atom stereocenters. The molecule has 0 aliphatic carbocycles. The standard InChI is InChI=1S/C20H20N2OS/c1-13-8-10-16(11-9-13)17-14(2)24-19(21)18(17)20(23)22-12-15-6-4-3-5-7-15/h3-11H,12,21H2,1-2H3,(H,22,23). The van der Waals surface area contributed by atoms with Crippen molar-refractivity contribution in [2.75, 3.05) is 5.73 Å². The molecular formula is C20H20N2OS. The number of thiophene rings is 1. The first-order valence-corrected chi connectivity index (χ1v) is 8.66. The summed E-state index contributed by atoms with van der Waals surface area (Å²) in [6.45, 7) is 4.54. The van der Waals surface area contributed by atoms with E-state index in [4.69, 9.17) is 5.73 Å². The molecule has 3 rings (SSSR count). The number of rotatable bonds is 4. The number of amides is 1. The van der Waals surface area contributed by atoms with Gasteiger partial charge in [0.1, 0.15) is 0 Å². The molecule has 0 aliphatic rings. The van der Waals surface area contributed by atoms with Gasteiger partial charge in [-0.2, -0.15) is 0 Å². The summed E-state index contributed by atoms with van der Waals surface area (Å²) in [4.78, 5) is 13.8. The molecule has 0 bridgehead atoms. The molecular weight excluding hydrogens is 316 g/mol. The normalized spacial score (nSPS) is 10.6. The van der Waals surface area contributed by atoms with Crippen LogP contribution < -0.4 is 11.1 Å². The van der Waals surface area contributed by atoms with Gasteiger partial charge in [-0.15, -0.1) is 11.3 Å². The first-order chi connectivity index (χ1) is 11.6. The zero-order valence-electron chi connectivity index (χ0n) is 13.8. The van der Waals surface area contributed by atoms with Crippen molar-refractivity contribution in [3.05, 3.63) is 76.2 Å². The highest BCUT2D eigenvalue weighted by molar-refractivity contribution is 7.16. The van der Waals surface area contributed by atoms with E-state index in [1.807, 2.05) is 68.4 Å². The van der Waals surface area contributed by atoms with Gasteiger partial charge in [0.25, 0.3) is 5.91 Å². The van der Waals surface area contributed by atoms with Crippen LogP contribution >= 0.6 is 11.3 Å². The predicted molar refractivity (Wildman–Crippen MR) is 101 cm³/mol. The number of anilines is 1. The van der Waals surface area contributed by atoms with Crippen molar-refractivity contribution < 1.29 is 4.79 Å². The van der Waals surface area contributed by atoms with E-state index in [0.29, 0.717) is 17.1 Å². The maximum Gasteiger partial charge on any atom is 0.255 e. The van der Waals surface area contributed by atoms with Crippen molar-refractivity contribution >= 4 is 22.2 Å². The lowest BCUT2D eigenvalue weighted by Gasteiger charge is -2.09. The summed E-state index contributed by atoms with van der Waals surface area (Å²) in [5.74, 6) is -0.128. The smallest absolute Gasteiger partial charge is 0.255 e. The Labute approximate surface area is 146 Å². The second-order valence-corrected chi connectivity index (χ2v) is 7.06. The minimum atomic E-state index is -0.128. The molecule has 0 saturated carbocycles. The number of nitrogens with one attached hydrogen (secondary N) is 1. The number of carbonyl (C=O) groups excluding carboxylic acids is 1. The predicted octanol–water partition coefficient (Wildman–Crippen LogP) is 4.54. The Hall–Kier alpha value is -2.59. The highest BCUT2D eigenvalue weighted by Gasteiger charge is 2.21. The van der Waals surface area contributed by atoms with Gasteiger partial charge >= 0.3 is 0 Å². The molecule has 3 aromatic rings. The van der Waals surface area contributed by atoms with Crippen LogP contribution in [0.15, 0.2) is 54.6 Å². The third kappa shape index (κ3) is 3.34. The molecule has 0 saturated heterocycles. The maximum atomic E-state index is 12.7. The first kappa shape index (κ1) is 16.3. The van der Waals surface area contributed by atoms with Crippen LogP contribution in [0.4, 0.5) is 5.00 Å². The van der Waals surface area contributed by atoms with E-state index in [1.165, 1.54) is 16.9 Å². The van der Waals surface area contributed by atoms with Gasteiger partial charge in [-0.3, -0.25) is 4.79 Å². The third-order valence-electron chi connectivity index (χ3n) is 3.97. The second-order valence-electron chi connectivity index (χ2n) is 5.81. The lowest BCUT2D eigenvalue weighted by molar-refractivity contribution is 0.0953. The molecule has 3 nitrogen and oxygen atoms in total. The van der Waals surface area contributed by atoms with Crippen LogP contribution in [0.25, 0.3) is 11.1 Å². The first-order valence-electron chi connectivity index (χ1n) is 7.84. The molecule has 122 valence electrons. The summed E-state index contributed by atoms with van der Waals surface area (Å²) < 4.78 is 0. The van der Waals surface area contributed by atoms with E-state index < -0.39 is 0 Å². The van der Waals surface area contributed by atoms with Crippen LogP contribution in [0.5, 0.6) is 0 Å². The van der Waals surface area contributed by atoms with Crippen molar-refractivity contribution in [3.63, 3.8) is 0 Å². The van der Waals surface area contributed by atoms with Crippen molar-refractivity contribution in [1.82, 2.24) is 5.32 Å². The van der Waals surface area contributed by atoms with Gasteiger partial charge in [-0.05, 0) is 25.0 Å². The summed E-state index contributed by atoms with van der Waals surface area (Å²) >= 11 is 1.46. The van der Waals surface area contributed by atoms with E-state index in [-0.39, 0.29) is 5.91 Å². The van der Waals surface area contributed by atoms with E-state index in [1.54, 1.807) is 0 Å². The Kier molecular flexibility index (Phi) is 4.67. The summed E-state index contributed by atoms with van der Waals surface area (Å²) in [7, 11) is 0. The number of carbonyl (C=O) groups is 1. The van der Waals surface area contributed by atoms with Crippen LogP contribution in [-0.2, 0) is 6.54 Å². The molecule has 2 aromatic carbocycles. The number of hydrogen-bond donors (Lipinski definition) is 2. The zero-order valence-corrected chi connectivity index (χ0v) is 14.6. The second kappa shape index (κ2) is 6.89. The Morgan fingerprint density at radius 3 is 2.38 bits per heavy atom. The van der Waals surface area contributed by atoms with Crippen molar-refractivity contribution in [2.24, 2.45) is 0 Å². The van der Waals surface area contributed by atoms with Gasteiger partial charge in [-0.1, -0.05) is 60.2 Å². The lowest BCUT2D eigenvalue weighted by atomic mass is 10.00. The average Bonchev–Trinajstić information content (AvgIpc) is 2.88. The van der Waals surface area contributed by atoms with Crippen LogP contribution in [0.2, 0.25) is 0 Å². The Morgan fingerprint density at radius 2 is 1.71 bits per heavy atom. The van der Waals surface area contributed by atoms with Crippen molar-refractivity contribution in [2.45, 2.75) is 20.4 Å². The fourth-order valence-corrected chi connectivity index (χ4v) is 3.67. The summed E-state index contributed by atoms with van der Waals surface area (Å²) in [5, 5.41) is 3.54. The molecule has 4 heteroatoms. The summed E-state index contributed by atoms with van der Waals surface area (Å²) in [5.41, 5.74) is 10.9. The molecule has 0 fully saturated rings. The van der Waals surface area contributed by atoms with Crippen molar-refractivity contribution in [1.29, 1.82) is 0 Å². The van der Waals surface area contributed by atoms with Gasteiger partial charge in [0.2, 0.25) is 0 Å². The highest BCUT2D eigenvalue weighted by Crippen LogP contribution is 2.38. The van der Waals surface area contributed by atoms with Crippen LogP contribution in [0.3, 0.4) is 0 Å². The average molecular weight is 336 g/mol. The Morgan fingerprint density at radius 1 is 1.04 bits per heavy atom. The largest absolute Gasteiger partial charge is 0.390 e. The third-order valence-corrected chi connectivity index (χ3v) is 4.91. The summed E-state index contributed by atoms with van der Waals surface area (Å²) in [6, 6.07) is 18.0. The molecule has 3 N–H and O–H groups in total. The quantitative estimate of drug-likeness (QED) is 0.734. The molecule has 1 amide bonds. The Bertz CT molecular complexity index is 851. The maximum absolute atomic E-state index is 12.7. The molecule has 24 heavy (non-hydrogen) atoms. The molecule has 1 aromatic heterocycles. The minimum absolute atomic E-state index is 0.128. The fraction of sp³-hybridized carbons (Fsp3) is 0.150. The minimum Gasteiger partial charge on any atom is -0.390 e. The highest BCUT2D eigenvalue weighted by atomic mass is 32.1. The Balaban J connectivity index is 1.90. The fourth-order valence-electron chi connectivity index (χ4n) is 2.73. The van der Waals surface area contributed by atoms with Crippen LogP contribution in [0, 0.1) is 13.8 Å². The SMILES string of the molecule is Cc1ccc(-c2c(C)sc(N)c2C(=O)NCc2ccccc2)cc1. The van der Waals surface area contributed by atoms with Crippen LogP contribution in [-0.4, -0.2) is 5.91 Å². The van der Waals surface area contributed by atoms with Gasteiger partial charge in [-0.25, -0.2) is 0 Å². The molecule has 0 spiro atoms. The van der Waals surface area contributed by atoms with Crippen LogP contribution in [0.1, 0.15) is 26.4 Å². The number of benzene rings is 2. The topological polar surface area (TPSA) is 55.1 Å². The number of aryl methyl sites for hydroxylation is 2. The van der Waals surface area contributed by atoms with E-state index in [0.717, 1.165) is 21.6 Å². The number of nitrogens with two attached hydrogens (primary N) is 1. The van der Waals surface area contributed by atoms with E-state index >= 15 is 0 Å².